The monoisotopic (exact) mass is 264 g/mol. The van der Waals surface area contributed by atoms with Crippen LogP contribution in [0, 0.1) is 5.92 Å². The zero-order valence-electron chi connectivity index (χ0n) is 8.67. The first-order chi connectivity index (χ1) is 7.55. The van der Waals surface area contributed by atoms with Crippen LogP contribution < -0.4 is 0 Å². The molecule has 1 saturated heterocycles. The highest BCUT2D eigenvalue weighted by atomic mass is 35.7. The van der Waals surface area contributed by atoms with E-state index in [4.69, 9.17) is 15.4 Å². The molecule has 0 atom stereocenters. The lowest BCUT2D eigenvalue weighted by Gasteiger charge is -2.21. The zero-order valence-corrected chi connectivity index (χ0v) is 10.2. The second kappa shape index (κ2) is 4.73. The first kappa shape index (κ1) is 11.9. The molecule has 1 aliphatic rings. The van der Waals surface area contributed by atoms with Gasteiger partial charge in [0, 0.05) is 36.6 Å². The van der Waals surface area contributed by atoms with Crippen molar-refractivity contribution >= 4 is 19.7 Å². The van der Waals surface area contributed by atoms with Crippen molar-refractivity contribution in [2.45, 2.75) is 24.3 Å². The molecule has 1 fully saturated rings. The first-order valence-corrected chi connectivity index (χ1v) is 7.41. The summed E-state index contributed by atoms with van der Waals surface area (Å²) in [6.45, 7) is 2.26. The highest BCUT2D eigenvalue weighted by Crippen LogP contribution is 2.18. The maximum absolute atomic E-state index is 11.0. The minimum Gasteiger partial charge on any atom is -0.381 e. The average molecular weight is 265 g/mol. The van der Waals surface area contributed by atoms with Crippen molar-refractivity contribution in [3.63, 3.8) is 0 Å². The molecule has 2 heterocycles. The predicted octanol–water partition coefficient (Wildman–Crippen LogP) is 1.24. The van der Waals surface area contributed by atoms with Gasteiger partial charge in [0.2, 0.25) is 0 Å². The number of hydrogen-bond donors (Lipinski definition) is 0. The smallest absolute Gasteiger partial charge is 0.264 e. The fourth-order valence-corrected chi connectivity index (χ4v) is 2.42. The van der Waals surface area contributed by atoms with Crippen molar-refractivity contribution in [1.29, 1.82) is 0 Å². The molecule has 1 aromatic heterocycles. The molecule has 0 N–H and O–H groups in total. The number of halogens is 1. The molecular weight excluding hydrogens is 252 g/mol. The molecule has 0 saturated carbocycles. The van der Waals surface area contributed by atoms with E-state index in [9.17, 15) is 8.42 Å². The highest BCUT2D eigenvalue weighted by molar-refractivity contribution is 8.13. The average Bonchev–Trinajstić information content (AvgIpc) is 2.67. The topological polar surface area (TPSA) is 61.2 Å². The molecule has 0 amide bonds. The number of ether oxygens (including phenoxy) is 1. The minimum atomic E-state index is -3.66. The summed E-state index contributed by atoms with van der Waals surface area (Å²) >= 11 is 0. The Kier molecular flexibility index (Phi) is 3.51. The van der Waals surface area contributed by atoms with Crippen LogP contribution in [0.5, 0.6) is 0 Å². The van der Waals surface area contributed by atoms with Gasteiger partial charge in [-0.05, 0) is 18.8 Å². The maximum atomic E-state index is 11.0. The summed E-state index contributed by atoms with van der Waals surface area (Å²) in [4.78, 5) is 0.0567. The van der Waals surface area contributed by atoms with Crippen LogP contribution in [0.1, 0.15) is 12.8 Å². The van der Waals surface area contributed by atoms with Gasteiger partial charge >= 0.3 is 0 Å². The van der Waals surface area contributed by atoms with Gasteiger partial charge in [-0.25, -0.2) is 8.42 Å². The van der Waals surface area contributed by atoms with E-state index in [0.717, 1.165) is 32.6 Å². The van der Waals surface area contributed by atoms with Gasteiger partial charge < -0.3 is 4.74 Å². The van der Waals surface area contributed by atoms with Crippen molar-refractivity contribution in [3.8, 4) is 0 Å². The third-order valence-corrected chi connectivity index (χ3v) is 3.99. The molecule has 7 heteroatoms. The molecular formula is C9H13ClN2O3S. The van der Waals surface area contributed by atoms with Crippen LogP contribution >= 0.6 is 10.7 Å². The van der Waals surface area contributed by atoms with Crippen LogP contribution in [-0.4, -0.2) is 31.4 Å². The number of nitrogens with zero attached hydrogens (tertiary/aromatic N) is 2. The van der Waals surface area contributed by atoms with E-state index in [1.165, 1.54) is 12.4 Å². The molecule has 90 valence electrons. The van der Waals surface area contributed by atoms with Crippen LogP contribution in [0.2, 0.25) is 0 Å². The van der Waals surface area contributed by atoms with Gasteiger partial charge in [-0.15, -0.1) is 0 Å². The molecule has 5 nitrogen and oxygen atoms in total. The third kappa shape index (κ3) is 2.96. The fourth-order valence-electron chi connectivity index (χ4n) is 1.76. The number of hydrogen-bond acceptors (Lipinski definition) is 4. The number of rotatable bonds is 3. The fraction of sp³-hybridized carbons (Fsp3) is 0.667. The van der Waals surface area contributed by atoms with E-state index in [1.54, 1.807) is 4.68 Å². The Hall–Kier alpha value is -0.590. The molecule has 0 bridgehead atoms. The lowest BCUT2D eigenvalue weighted by atomic mass is 10.0. The summed E-state index contributed by atoms with van der Waals surface area (Å²) in [5.74, 6) is 0.500. The molecule has 0 aromatic carbocycles. The van der Waals surface area contributed by atoms with Crippen LogP contribution in [0.25, 0.3) is 0 Å². The summed E-state index contributed by atoms with van der Waals surface area (Å²) in [6, 6.07) is 0. The molecule has 16 heavy (non-hydrogen) atoms. The molecule has 1 aromatic rings. The summed E-state index contributed by atoms with van der Waals surface area (Å²) in [6.07, 6.45) is 4.73. The highest BCUT2D eigenvalue weighted by Gasteiger charge is 2.17. The van der Waals surface area contributed by atoms with Gasteiger partial charge in [-0.1, -0.05) is 0 Å². The molecule has 0 aliphatic carbocycles. The van der Waals surface area contributed by atoms with E-state index < -0.39 is 9.05 Å². The predicted molar refractivity (Wildman–Crippen MR) is 58.8 cm³/mol. The lowest BCUT2D eigenvalue weighted by molar-refractivity contribution is 0.0601. The van der Waals surface area contributed by atoms with E-state index in [1.807, 2.05) is 0 Å². The Morgan fingerprint density at radius 3 is 2.75 bits per heavy atom. The second-order valence-electron chi connectivity index (χ2n) is 3.89. The largest absolute Gasteiger partial charge is 0.381 e. The molecule has 0 unspecified atom stereocenters. The third-order valence-electron chi connectivity index (χ3n) is 2.68. The Labute approximate surface area is 98.8 Å². The zero-order chi connectivity index (χ0) is 11.6. The summed E-state index contributed by atoms with van der Waals surface area (Å²) < 4.78 is 28.9. The Bertz CT molecular complexity index is 451. The van der Waals surface area contributed by atoms with Gasteiger partial charge in [-0.2, -0.15) is 5.10 Å². The van der Waals surface area contributed by atoms with Crippen molar-refractivity contribution in [2.24, 2.45) is 5.92 Å². The second-order valence-corrected chi connectivity index (χ2v) is 6.46. The van der Waals surface area contributed by atoms with Gasteiger partial charge in [0.1, 0.15) is 4.90 Å². The van der Waals surface area contributed by atoms with Gasteiger partial charge in [-0.3, -0.25) is 4.68 Å². The van der Waals surface area contributed by atoms with Crippen molar-refractivity contribution in [2.75, 3.05) is 13.2 Å². The van der Waals surface area contributed by atoms with E-state index in [0.29, 0.717) is 5.92 Å². The number of aromatic nitrogens is 2. The first-order valence-electron chi connectivity index (χ1n) is 5.10. The minimum absolute atomic E-state index is 0.0567. The standard InChI is InChI=1S/C9H13ClN2O3S/c10-16(13,14)9-5-11-12(7-9)6-8-1-3-15-4-2-8/h5,7-8H,1-4,6H2. The Morgan fingerprint density at radius 2 is 2.19 bits per heavy atom. The van der Waals surface area contributed by atoms with Crippen LogP contribution in [0.4, 0.5) is 0 Å². The lowest BCUT2D eigenvalue weighted by Crippen LogP contribution is -2.20. The quantitative estimate of drug-likeness (QED) is 0.771. The summed E-state index contributed by atoms with van der Waals surface area (Å²) in [5.41, 5.74) is 0. The van der Waals surface area contributed by atoms with Crippen LogP contribution in [0.15, 0.2) is 17.3 Å². The summed E-state index contributed by atoms with van der Waals surface area (Å²) in [5, 5.41) is 3.99. The van der Waals surface area contributed by atoms with E-state index >= 15 is 0 Å². The molecule has 1 aliphatic heterocycles. The molecule has 2 rings (SSSR count). The Balaban J connectivity index is 2.02. The molecule has 0 spiro atoms. The van der Waals surface area contributed by atoms with E-state index in [2.05, 4.69) is 5.10 Å². The van der Waals surface area contributed by atoms with Crippen LogP contribution in [0.3, 0.4) is 0 Å². The van der Waals surface area contributed by atoms with Gasteiger partial charge in [0.05, 0.1) is 6.20 Å². The Morgan fingerprint density at radius 1 is 1.50 bits per heavy atom. The van der Waals surface area contributed by atoms with Crippen molar-refractivity contribution in [1.82, 2.24) is 9.78 Å². The SMILES string of the molecule is O=S(=O)(Cl)c1cnn(CC2CCOCC2)c1. The van der Waals surface area contributed by atoms with Gasteiger partial charge in [0.25, 0.3) is 9.05 Å². The van der Waals surface area contributed by atoms with Crippen molar-refractivity contribution in [3.05, 3.63) is 12.4 Å². The molecule has 0 radical (unpaired) electrons. The van der Waals surface area contributed by atoms with Gasteiger partial charge in [0.15, 0.2) is 0 Å². The van der Waals surface area contributed by atoms with Crippen molar-refractivity contribution < 1.29 is 13.2 Å². The maximum Gasteiger partial charge on any atom is 0.264 e. The van der Waals surface area contributed by atoms with Crippen LogP contribution in [-0.2, 0) is 20.3 Å². The van der Waals surface area contributed by atoms with E-state index in [-0.39, 0.29) is 4.90 Å². The normalized spacial score (nSPS) is 18.8. The summed E-state index contributed by atoms with van der Waals surface area (Å²) in [7, 11) is 1.55.